The normalized spacial score (nSPS) is 25.9. The van der Waals surface area contributed by atoms with E-state index in [9.17, 15) is 0 Å². The third-order valence-corrected chi connectivity index (χ3v) is 3.52. The van der Waals surface area contributed by atoms with E-state index in [0.29, 0.717) is 12.1 Å². The Balaban J connectivity index is 2.01. The number of rotatable bonds is 2. The summed E-state index contributed by atoms with van der Waals surface area (Å²) in [5.41, 5.74) is 2.06. The van der Waals surface area contributed by atoms with Crippen LogP contribution in [0, 0.1) is 13.8 Å². The van der Waals surface area contributed by atoms with Gasteiger partial charge in [-0.1, -0.05) is 0 Å². The fraction of sp³-hybridized carbons (Fsp3) is 0.692. The Labute approximate surface area is 103 Å². The molecule has 17 heavy (non-hydrogen) atoms. The van der Waals surface area contributed by atoms with Crippen molar-refractivity contribution in [2.24, 2.45) is 0 Å². The van der Waals surface area contributed by atoms with Gasteiger partial charge in [0.25, 0.3) is 0 Å². The molecule has 1 aromatic heterocycles. The van der Waals surface area contributed by atoms with Crippen LogP contribution in [0.15, 0.2) is 6.07 Å². The summed E-state index contributed by atoms with van der Waals surface area (Å²) in [6.07, 6.45) is 2.32. The van der Waals surface area contributed by atoms with E-state index in [4.69, 9.17) is 0 Å². The summed E-state index contributed by atoms with van der Waals surface area (Å²) in [7, 11) is 2.19. The molecule has 94 valence electrons. The second kappa shape index (κ2) is 5.00. The summed E-state index contributed by atoms with van der Waals surface area (Å²) in [6.45, 7) is 7.44. The number of nitrogens with one attached hydrogen (secondary N) is 1. The Morgan fingerprint density at radius 1 is 1.29 bits per heavy atom. The lowest BCUT2D eigenvalue weighted by molar-refractivity contribution is 0.190. The average Bonchev–Trinajstić information content (AvgIpc) is 2.22. The van der Waals surface area contributed by atoms with Gasteiger partial charge in [-0.05, 0) is 46.7 Å². The van der Waals surface area contributed by atoms with Crippen LogP contribution in [0.5, 0.6) is 0 Å². The van der Waals surface area contributed by atoms with Crippen molar-refractivity contribution < 1.29 is 0 Å². The summed E-state index contributed by atoms with van der Waals surface area (Å²) in [6, 6.07) is 3.14. The first-order valence-corrected chi connectivity index (χ1v) is 6.33. The van der Waals surface area contributed by atoms with E-state index >= 15 is 0 Å². The molecule has 0 radical (unpaired) electrons. The number of hydrogen-bond donors (Lipinski definition) is 1. The molecule has 1 saturated heterocycles. The minimum Gasteiger partial charge on any atom is -0.351 e. The van der Waals surface area contributed by atoms with E-state index in [1.165, 1.54) is 0 Å². The quantitative estimate of drug-likeness (QED) is 0.849. The molecular formula is C13H22N4. The Morgan fingerprint density at radius 2 is 1.94 bits per heavy atom. The Kier molecular flexibility index (Phi) is 3.62. The standard InChI is InChI=1S/C13H22N4/c1-9-7-10(2)15-13(14-9)16-12-5-6-17(4)11(3)8-12/h7,11-12H,5-6,8H2,1-4H3,(H,14,15,16). The van der Waals surface area contributed by atoms with E-state index in [1.807, 2.05) is 19.9 Å². The van der Waals surface area contributed by atoms with Gasteiger partial charge in [0.2, 0.25) is 5.95 Å². The first kappa shape index (κ1) is 12.3. The van der Waals surface area contributed by atoms with Crippen molar-refractivity contribution >= 4 is 5.95 Å². The molecule has 0 spiro atoms. The maximum atomic E-state index is 4.44. The van der Waals surface area contributed by atoms with Crippen molar-refractivity contribution in [3.05, 3.63) is 17.5 Å². The van der Waals surface area contributed by atoms with Gasteiger partial charge in [0.1, 0.15) is 0 Å². The van der Waals surface area contributed by atoms with Crippen LogP contribution in [0.3, 0.4) is 0 Å². The monoisotopic (exact) mass is 234 g/mol. The topological polar surface area (TPSA) is 41.1 Å². The Morgan fingerprint density at radius 3 is 2.53 bits per heavy atom. The van der Waals surface area contributed by atoms with E-state index in [0.717, 1.165) is 36.7 Å². The fourth-order valence-electron chi connectivity index (χ4n) is 2.39. The van der Waals surface area contributed by atoms with E-state index < -0.39 is 0 Å². The van der Waals surface area contributed by atoms with Crippen molar-refractivity contribution in [1.29, 1.82) is 0 Å². The number of likely N-dealkylation sites (tertiary alicyclic amines) is 1. The van der Waals surface area contributed by atoms with Gasteiger partial charge in [-0.25, -0.2) is 9.97 Å². The van der Waals surface area contributed by atoms with Crippen molar-refractivity contribution in [2.45, 2.75) is 45.7 Å². The lowest BCUT2D eigenvalue weighted by Gasteiger charge is -2.35. The van der Waals surface area contributed by atoms with E-state index in [1.54, 1.807) is 0 Å². The van der Waals surface area contributed by atoms with Gasteiger partial charge in [0.15, 0.2) is 0 Å². The summed E-state index contributed by atoms with van der Waals surface area (Å²) < 4.78 is 0. The molecule has 1 fully saturated rings. The second-order valence-electron chi connectivity index (χ2n) is 5.17. The van der Waals surface area contributed by atoms with Crippen LogP contribution in [0.2, 0.25) is 0 Å². The maximum absolute atomic E-state index is 4.44. The molecule has 1 N–H and O–H groups in total. The van der Waals surface area contributed by atoms with Crippen LogP contribution in [-0.4, -0.2) is 40.5 Å². The molecule has 1 aliphatic heterocycles. The molecule has 2 unspecified atom stereocenters. The van der Waals surface area contributed by atoms with Gasteiger partial charge in [-0.3, -0.25) is 0 Å². The highest BCUT2D eigenvalue weighted by Gasteiger charge is 2.23. The molecule has 4 heteroatoms. The summed E-state index contributed by atoms with van der Waals surface area (Å²) in [5, 5.41) is 3.46. The van der Waals surface area contributed by atoms with Crippen LogP contribution in [0.4, 0.5) is 5.95 Å². The first-order valence-electron chi connectivity index (χ1n) is 6.33. The van der Waals surface area contributed by atoms with Gasteiger partial charge >= 0.3 is 0 Å². The Bertz CT molecular complexity index is 371. The lowest BCUT2D eigenvalue weighted by atomic mass is 9.99. The number of piperidine rings is 1. The van der Waals surface area contributed by atoms with Gasteiger partial charge in [0, 0.05) is 30.0 Å². The molecule has 1 aliphatic rings. The minimum absolute atomic E-state index is 0.502. The van der Waals surface area contributed by atoms with Crippen LogP contribution in [-0.2, 0) is 0 Å². The predicted molar refractivity (Wildman–Crippen MR) is 70.2 cm³/mol. The summed E-state index contributed by atoms with van der Waals surface area (Å²) >= 11 is 0. The zero-order valence-electron chi connectivity index (χ0n) is 11.2. The van der Waals surface area contributed by atoms with Crippen molar-refractivity contribution in [2.75, 3.05) is 18.9 Å². The van der Waals surface area contributed by atoms with Crippen molar-refractivity contribution in [1.82, 2.24) is 14.9 Å². The first-order chi connectivity index (χ1) is 8.04. The van der Waals surface area contributed by atoms with Gasteiger partial charge in [0.05, 0.1) is 0 Å². The number of nitrogens with zero attached hydrogens (tertiary/aromatic N) is 3. The van der Waals surface area contributed by atoms with Crippen LogP contribution in [0.1, 0.15) is 31.2 Å². The molecule has 0 amide bonds. The molecule has 2 heterocycles. The molecule has 0 saturated carbocycles. The summed E-state index contributed by atoms with van der Waals surface area (Å²) in [4.78, 5) is 11.3. The van der Waals surface area contributed by atoms with Crippen molar-refractivity contribution in [3.8, 4) is 0 Å². The molecular weight excluding hydrogens is 212 g/mol. The minimum atomic E-state index is 0.502. The number of aromatic nitrogens is 2. The van der Waals surface area contributed by atoms with Crippen LogP contribution in [0.25, 0.3) is 0 Å². The molecule has 2 atom stereocenters. The molecule has 0 aromatic carbocycles. The fourth-order valence-corrected chi connectivity index (χ4v) is 2.39. The van der Waals surface area contributed by atoms with Gasteiger partial charge in [-0.15, -0.1) is 0 Å². The molecule has 2 rings (SSSR count). The number of anilines is 1. The zero-order chi connectivity index (χ0) is 12.4. The van der Waals surface area contributed by atoms with Crippen LogP contribution < -0.4 is 5.32 Å². The predicted octanol–water partition coefficient (Wildman–Crippen LogP) is 1.99. The van der Waals surface area contributed by atoms with E-state index in [2.05, 4.69) is 34.2 Å². The number of hydrogen-bond acceptors (Lipinski definition) is 4. The maximum Gasteiger partial charge on any atom is 0.223 e. The highest BCUT2D eigenvalue weighted by molar-refractivity contribution is 5.29. The highest BCUT2D eigenvalue weighted by atomic mass is 15.2. The number of aryl methyl sites for hydroxylation is 2. The van der Waals surface area contributed by atoms with E-state index in [-0.39, 0.29) is 0 Å². The third-order valence-electron chi connectivity index (χ3n) is 3.52. The highest BCUT2D eigenvalue weighted by Crippen LogP contribution is 2.18. The second-order valence-corrected chi connectivity index (χ2v) is 5.17. The zero-order valence-corrected chi connectivity index (χ0v) is 11.2. The van der Waals surface area contributed by atoms with Crippen molar-refractivity contribution in [3.63, 3.8) is 0 Å². The Hall–Kier alpha value is -1.16. The third kappa shape index (κ3) is 3.16. The lowest BCUT2D eigenvalue weighted by Crippen LogP contribution is -2.42. The largest absolute Gasteiger partial charge is 0.351 e. The molecule has 0 aliphatic carbocycles. The van der Waals surface area contributed by atoms with Crippen LogP contribution >= 0.6 is 0 Å². The average molecular weight is 234 g/mol. The van der Waals surface area contributed by atoms with Gasteiger partial charge < -0.3 is 10.2 Å². The SMILES string of the molecule is Cc1cc(C)nc(NC2CCN(C)C(C)C2)n1. The molecule has 4 nitrogen and oxygen atoms in total. The molecule has 1 aromatic rings. The summed E-state index contributed by atoms with van der Waals surface area (Å²) in [5.74, 6) is 0.782. The molecule has 0 bridgehead atoms. The van der Waals surface area contributed by atoms with Gasteiger partial charge in [-0.2, -0.15) is 0 Å². The smallest absolute Gasteiger partial charge is 0.223 e.